The van der Waals surface area contributed by atoms with E-state index in [9.17, 15) is 0 Å². The van der Waals surface area contributed by atoms with Crippen molar-refractivity contribution in [3.63, 3.8) is 0 Å². The molecule has 0 fully saturated rings. The quantitative estimate of drug-likeness (QED) is 0.405. The summed E-state index contributed by atoms with van der Waals surface area (Å²) in [4.78, 5) is 0. The van der Waals surface area contributed by atoms with Crippen LogP contribution in [0.1, 0.15) is 0 Å². The first-order valence-corrected chi connectivity index (χ1v) is 3.21. The summed E-state index contributed by atoms with van der Waals surface area (Å²) in [6.45, 7) is 0. The zero-order chi connectivity index (χ0) is 2.71. The zero-order valence-electron chi connectivity index (χ0n) is 1.80. The molecule has 0 aliphatic heterocycles. The minimum Gasteiger partial charge on any atom is -0.0755 e. The van der Waals surface area contributed by atoms with E-state index in [1.54, 1.807) is 0 Å². The summed E-state index contributed by atoms with van der Waals surface area (Å²) in [5.74, 6) is 0. The van der Waals surface area contributed by atoms with Gasteiger partial charge >= 0.3 is 8.15 Å². The Morgan fingerprint density at radius 2 is 1.75 bits per heavy atom. The molecule has 0 amide bonds. The molecular formula is H3OP2Pd+. The van der Waals surface area contributed by atoms with Crippen molar-refractivity contribution >= 4 is 17.1 Å². The second kappa shape index (κ2) is 8.89. The van der Waals surface area contributed by atoms with E-state index >= 15 is 0 Å². The first-order valence-electron chi connectivity index (χ1n) is 0.493. The summed E-state index contributed by atoms with van der Waals surface area (Å²) in [6.07, 6.45) is 0. The Hall–Kier alpha value is 1.19. The predicted octanol–water partition coefficient (Wildman–Crippen LogP) is 0.798. The zero-order valence-corrected chi connectivity index (χ0v) is 5.51. The molecule has 2 unspecified atom stereocenters. The molecule has 2 atom stereocenters. The van der Waals surface area contributed by atoms with Crippen LogP contribution in [0, 0.1) is 0 Å². The number of rotatable bonds is 0. The second-order valence-electron chi connectivity index (χ2n) is 0.118. The Morgan fingerprint density at radius 1 is 1.75 bits per heavy atom. The van der Waals surface area contributed by atoms with Gasteiger partial charge in [0.25, 0.3) is 0 Å². The average Bonchev–Trinajstić information content (AvgIpc) is 0.918. The molecule has 4 heteroatoms. The standard InChI is InChI=1S/H2OP2.Pd/c1-3-2;/h2H2;/p+1. The first-order chi connectivity index (χ1) is 1.41. The molecule has 0 N–H and O–H groups in total. The van der Waals surface area contributed by atoms with Gasteiger partial charge in [-0.1, -0.05) is 4.57 Å². The van der Waals surface area contributed by atoms with Crippen LogP contribution in [-0.2, 0) is 25.0 Å². The van der Waals surface area contributed by atoms with Crippen molar-refractivity contribution in [2.24, 2.45) is 0 Å². The predicted molar refractivity (Wildman–Crippen MR) is 18.7 cm³/mol. The third kappa shape index (κ3) is 10.8. The SMILES string of the molecule is O=[PH+]P.[Pd]. The van der Waals surface area contributed by atoms with Crippen LogP contribution in [-0.4, -0.2) is 0 Å². The van der Waals surface area contributed by atoms with E-state index in [0.717, 1.165) is 0 Å². The van der Waals surface area contributed by atoms with Crippen LogP contribution < -0.4 is 0 Å². The molecule has 0 aliphatic carbocycles. The molecular weight excluding hydrogens is 184 g/mol. The molecule has 1 nitrogen and oxygen atoms in total. The van der Waals surface area contributed by atoms with E-state index in [1.165, 1.54) is 0 Å². The van der Waals surface area contributed by atoms with Gasteiger partial charge in [0.05, 0.1) is 0 Å². The van der Waals surface area contributed by atoms with Gasteiger partial charge in [-0.05, 0) is 0 Å². The number of hydrogen-bond acceptors (Lipinski definition) is 1. The Kier molecular flexibility index (Phi) is 19.9. The van der Waals surface area contributed by atoms with Crippen molar-refractivity contribution in [1.29, 1.82) is 0 Å². The topological polar surface area (TPSA) is 17.1 Å². The summed E-state index contributed by atoms with van der Waals surface area (Å²) in [6, 6.07) is 0. The molecule has 0 saturated carbocycles. The monoisotopic (exact) mass is 187 g/mol. The van der Waals surface area contributed by atoms with E-state index < -0.39 is 0 Å². The van der Waals surface area contributed by atoms with Crippen LogP contribution >= 0.6 is 17.1 Å². The maximum atomic E-state index is 8.92. The van der Waals surface area contributed by atoms with Gasteiger partial charge in [0.15, 0.2) is 0 Å². The molecule has 0 bridgehead atoms. The van der Waals surface area contributed by atoms with Crippen LogP contribution in [0.5, 0.6) is 0 Å². The fourth-order valence-corrected chi connectivity index (χ4v) is 0. The van der Waals surface area contributed by atoms with Gasteiger partial charge in [0.2, 0.25) is 0 Å². The largest absolute Gasteiger partial charge is 0.335 e. The van der Waals surface area contributed by atoms with Gasteiger partial charge in [-0.2, -0.15) is 0 Å². The molecule has 0 aromatic heterocycles. The summed E-state index contributed by atoms with van der Waals surface area (Å²) < 4.78 is 8.92. The molecule has 0 aromatic rings. The Labute approximate surface area is 42.5 Å². The second-order valence-corrected chi connectivity index (χ2v) is 1.06. The van der Waals surface area contributed by atoms with Crippen LogP contribution in [0.2, 0.25) is 0 Å². The molecule has 28 valence electrons. The van der Waals surface area contributed by atoms with Crippen molar-refractivity contribution < 1.29 is 25.0 Å². The molecule has 0 heterocycles. The maximum Gasteiger partial charge on any atom is 0.335 e. The molecule has 0 aromatic carbocycles. The molecule has 0 aliphatic rings. The summed E-state index contributed by atoms with van der Waals surface area (Å²) in [5.41, 5.74) is 0. The number of hydrogen-bond donors (Lipinski definition) is 0. The van der Waals surface area contributed by atoms with Gasteiger partial charge < -0.3 is 0 Å². The van der Waals surface area contributed by atoms with E-state index in [2.05, 4.69) is 8.93 Å². The summed E-state index contributed by atoms with van der Waals surface area (Å²) in [5, 5.41) is 0. The first kappa shape index (κ1) is 8.95. The molecule has 0 saturated heterocycles. The van der Waals surface area contributed by atoms with E-state index in [-0.39, 0.29) is 28.6 Å². The summed E-state index contributed by atoms with van der Waals surface area (Å²) in [7, 11) is 1.80. The van der Waals surface area contributed by atoms with Gasteiger partial charge in [0.1, 0.15) is 8.93 Å². The molecule has 0 radical (unpaired) electrons. The van der Waals surface area contributed by atoms with Gasteiger partial charge in [-0.15, -0.1) is 0 Å². The molecule has 0 rings (SSSR count). The Bertz CT molecular complexity index is 13.5. The van der Waals surface area contributed by atoms with Crippen molar-refractivity contribution in [3.05, 3.63) is 0 Å². The maximum absolute atomic E-state index is 8.92. The van der Waals surface area contributed by atoms with E-state index in [4.69, 9.17) is 4.57 Å². The normalized spacial score (nSPS) is 5.25. The van der Waals surface area contributed by atoms with Gasteiger partial charge in [-0.3, -0.25) is 0 Å². The smallest absolute Gasteiger partial charge is 0.0755 e. The van der Waals surface area contributed by atoms with Crippen LogP contribution in [0.15, 0.2) is 0 Å². The van der Waals surface area contributed by atoms with Crippen LogP contribution in [0.3, 0.4) is 0 Å². The van der Waals surface area contributed by atoms with E-state index in [1.807, 2.05) is 0 Å². The Balaban J connectivity index is 0. The summed E-state index contributed by atoms with van der Waals surface area (Å²) >= 11 is 0. The van der Waals surface area contributed by atoms with Crippen molar-refractivity contribution in [1.82, 2.24) is 0 Å². The van der Waals surface area contributed by atoms with Crippen molar-refractivity contribution in [3.8, 4) is 0 Å². The third-order valence-electron chi connectivity index (χ3n) is 0. The van der Waals surface area contributed by atoms with Crippen LogP contribution in [0.4, 0.5) is 0 Å². The van der Waals surface area contributed by atoms with Gasteiger partial charge in [-0.25, -0.2) is 0 Å². The van der Waals surface area contributed by atoms with Crippen LogP contribution in [0.25, 0.3) is 0 Å². The average molecular weight is 187 g/mol. The molecule has 4 heavy (non-hydrogen) atoms. The van der Waals surface area contributed by atoms with Gasteiger partial charge in [0, 0.05) is 20.4 Å². The fraction of sp³-hybridized carbons (Fsp3) is 0. The third-order valence-corrected chi connectivity index (χ3v) is 0. The van der Waals surface area contributed by atoms with Crippen molar-refractivity contribution in [2.75, 3.05) is 0 Å². The Morgan fingerprint density at radius 3 is 1.75 bits per heavy atom. The minimum atomic E-state index is -0.250. The van der Waals surface area contributed by atoms with Crippen molar-refractivity contribution in [2.45, 2.75) is 0 Å². The van der Waals surface area contributed by atoms with E-state index in [0.29, 0.717) is 0 Å². The molecule has 0 spiro atoms. The fourth-order valence-electron chi connectivity index (χ4n) is 0. The minimum absolute atomic E-state index is 0.